The number of nitrogens with one attached hydrogen (secondary N) is 1. The first-order valence-corrected chi connectivity index (χ1v) is 11.7. The zero-order chi connectivity index (χ0) is 25.2. The molecule has 2 heterocycles. The molecule has 10 nitrogen and oxygen atoms in total. The van der Waals surface area contributed by atoms with Gasteiger partial charge in [0.1, 0.15) is 12.7 Å². The van der Waals surface area contributed by atoms with Crippen LogP contribution in [0.2, 0.25) is 0 Å². The Labute approximate surface area is 203 Å². The van der Waals surface area contributed by atoms with Crippen molar-refractivity contribution in [3.8, 4) is 0 Å². The molecule has 35 heavy (non-hydrogen) atoms. The number of nitrogens with zero attached hydrogens (tertiary/aromatic N) is 1. The first-order chi connectivity index (χ1) is 16.7. The lowest BCUT2D eigenvalue weighted by Crippen LogP contribution is -2.35. The van der Waals surface area contributed by atoms with E-state index in [1.54, 1.807) is 19.9 Å². The first kappa shape index (κ1) is 24.9. The Hall–Kier alpha value is -3.24. The van der Waals surface area contributed by atoms with Crippen molar-refractivity contribution in [2.45, 2.75) is 63.8 Å². The molecule has 1 aromatic rings. The highest BCUT2D eigenvalue weighted by Crippen LogP contribution is 2.41. The second-order valence-electron chi connectivity index (χ2n) is 9.10. The molecule has 1 aromatic carbocycles. The number of hydrogen-bond acceptors (Lipinski definition) is 9. The molecule has 2 aliphatic heterocycles. The van der Waals surface area contributed by atoms with Crippen LogP contribution >= 0.6 is 0 Å². The minimum atomic E-state index is -0.901. The summed E-state index contributed by atoms with van der Waals surface area (Å²) in [5.74, 6) is -2.77. The Bertz CT molecular complexity index is 1090. The van der Waals surface area contributed by atoms with Gasteiger partial charge in [0, 0.05) is 36.4 Å². The largest absolute Gasteiger partial charge is 0.466 e. The van der Waals surface area contributed by atoms with E-state index in [9.17, 15) is 19.7 Å². The third-order valence-corrected chi connectivity index (χ3v) is 6.73. The van der Waals surface area contributed by atoms with Crippen LogP contribution in [-0.2, 0) is 28.5 Å². The van der Waals surface area contributed by atoms with E-state index >= 15 is 0 Å². The summed E-state index contributed by atoms with van der Waals surface area (Å²) in [4.78, 5) is 37.0. The van der Waals surface area contributed by atoms with E-state index < -0.39 is 28.6 Å². The molecule has 188 valence electrons. The van der Waals surface area contributed by atoms with Crippen LogP contribution < -0.4 is 5.32 Å². The van der Waals surface area contributed by atoms with Crippen LogP contribution in [0.15, 0.2) is 46.8 Å². The van der Waals surface area contributed by atoms with Crippen LogP contribution in [0.4, 0.5) is 5.69 Å². The van der Waals surface area contributed by atoms with Gasteiger partial charge in [-0.3, -0.25) is 10.1 Å². The Balaban J connectivity index is 1.59. The van der Waals surface area contributed by atoms with E-state index in [-0.39, 0.29) is 29.5 Å². The highest BCUT2D eigenvalue weighted by Gasteiger charge is 2.43. The van der Waals surface area contributed by atoms with Crippen molar-refractivity contribution in [1.82, 2.24) is 5.32 Å². The van der Waals surface area contributed by atoms with Crippen LogP contribution in [0.1, 0.15) is 57.4 Å². The maximum Gasteiger partial charge on any atom is 0.336 e. The standard InChI is InChI=1S/C25H30N2O8/c1-15-20(23(28)32-3)22(17-8-7-9-18(12-17)27(30)31)21(16(2)26-15)24(29)33-13-19-14-34-25(35-19)10-5-4-6-11-25/h7-9,12,19,22,26H,4-6,10-11,13-14H2,1-3H3. The van der Waals surface area contributed by atoms with Crippen LogP contribution in [0, 0.1) is 10.1 Å². The third-order valence-electron chi connectivity index (χ3n) is 6.73. The number of hydrogen-bond donors (Lipinski definition) is 1. The van der Waals surface area contributed by atoms with Gasteiger partial charge >= 0.3 is 11.9 Å². The SMILES string of the molecule is COC(=O)C1=C(C)NC(C)=C(C(=O)OCC2COC3(CCCCC3)O2)C1c1cccc([N+](=O)[O-])c1. The number of nitro groups is 1. The van der Waals surface area contributed by atoms with Gasteiger partial charge in [-0.1, -0.05) is 18.6 Å². The number of dihydropyridines is 1. The van der Waals surface area contributed by atoms with Crippen LogP contribution in [0.25, 0.3) is 0 Å². The number of rotatable bonds is 6. The quantitative estimate of drug-likeness (QED) is 0.364. The highest BCUT2D eigenvalue weighted by atomic mass is 16.8. The molecule has 4 rings (SSSR count). The smallest absolute Gasteiger partial charge is 0.336 e. The predicted molar refractivity (Wildman–Crippen MR) is 124 cm³/mol. The second-order valence-corrected chi connectivity index (χ2v) is 9.10. The number of allylic oxidation sites excluding steroid dienone is 2. The number of methoxy groups -OCH3 is 1. The summed E-state index contributed by atoms with van der Waals surface area (Å²) in [5.41, 5.74) is 1.61. The Morgan fingerprint density at radius 2 is 1.83 bits per heavy atom. The van der Waals surface area contributed by atoms with Crippen LogP contribution in [0.5, 0.6) is 0 Å². The predicted octanol–water partition coefficient (Wildman–Crippen LogP) is 3.62. The van der Waals surface area contributed by atoms with E-state index in [1.165, 1.54) is 25.3 Å². The minimum Gasteiger partial charge on any atom is -0.466 e. The number of esters is 2. The Morgan fingerprint density at radius 1 is 1.14 bits per heavy atom. The van der Waals surface area contributed by atoms with Crippen molar-refractivity contribution in [2.75, 3.05) is 20.3 Å². The van der Waals surface area contributed by atoms with Crippen molar-refractivity contribution in [3.63, 3.8) is 0 Å². The zero-order valence-corrected chi connectivity index (χ0v) is 20.1. The summed E-state index contributed by atoms with van der Waals surface area (Å²) in [5, 5.41) is 14.4. The molecule has 0 radical (unpaired) electrons. The van der Waals surface area contributed by atoms with Crippen LogP contribution in [0.3, 0.4) is 0 Å². The molecule has 10 heteroatoms. The second kappa shape index (κ2) is 10.2. The molecule has 0 aromatic heterocycles. The molecule has 1 N–H and O–H groups in total. The van der Waals surface area contributed by atoms with Gasteiger partial charge in [0.25, 0.3) is 5.69 Å². The third kappa shape index (κ3) is 5.08. The van der Waals surface area contributed by atoms with Gasteiger partial charge < -0.3 is 24.3 Å². The molecule has 0 bridgehead atoms. The summed E-state index contributed by atoms with van der Waals surface area (Å²) in [6.45, 7) is 3.72. The molecule has 2 unspecified atom stereocenters. The maximum atomic E-state index is 13.4. The topological polar surface area (TPSA) is 126 Å². The summed E-state index contributed by atoms with van der Waals surface area (Å²) in [6.07, 6.45) is 4.50. The summed E-state index contributed by atoms with van der Waals surface area (Å²) >= 11 is 0. The normalized spacial score (nSPS) is 23.7. The number of carbonyl (C=O) groups excluding carboxylic acids is 2. The molecule has 1 saturated heterocycles. The number of ether oxygens (including phenoxy) is 4. The van der Waals surface area contributed by atoms with Gasteiger partial charge in [-0.15, -0.1) is 0 Å². The first-order valence-electron chi connectivity index (χ1n) is 11.7. The van der Waals surface area contributed by atoms with Gasteiger partial charge in [0.15, 0.2) is 5.79 Å². The molecular weight excluding hydrogens is 456 g/mol. The molecule has 1 saturated carbocycles. The Morgan fingerprint density at radius 3 is 2.49 bits per heavy atom. The number of carbonyl (C=O) groups is 2. The monoisotopic (exact) mass is 486 g/mol. The van der Waals surface area contributed by atoms with Crippen molar-refractivity contribution >= 4 is 17.6 Å². The number of benzene rings is 1. The van der Waals surface area contributed by atoms with Crippen molar-refractivity contribution < 1.29 is 33.5 Å². The molecule has 1 aliphatic carbocycles. The van der Waals surface area contributed by atoms with Crippen LogP contribution in [-0.4, -0.2) is 49.1 Å². The van der Waals surface area contributed by atoms with Gasteiger partial charge in [0.05, 0.1) is 35.7 Å². The molecular formula is C25H30N2O8. The molecule has 2 atom stereocenters. The van der Waals surface area contributed by atoms with E-state index in [2.05, 4.69) is 5.32 Å². The molecule has 2 fully saturated rings. The molecule has 0 amide bonds. The van der Waals surface area contributed by atoms with Crippen molar-refractivity contribution in [1.29, 1.82) is 0 Å². The van der Waals surface area contributed by atoms with Gasteiger partial charge in [-0.05, 0) is 32.3 Å². The molecule has 1 spiro atoms. The summed E-state index contributed by atoms with van der Waals surface area (Å²) in [7, 11) is 1.24. The fourth-order valence-electron chi connectivity index (χ4n) is 5.09. The van der Waals surface area contributed by atoms with Gasteiger partial charge in [0.2, 0.25) is 0 Å². The molecule has 3 aliphatic rings. The minimum absolute atomic E-state index is 0.00469. The lowest BCUT2D eigenvalue weighted by atomic mass is 9.80. The summed E-state index contributed by atoms with van der Waals surface area (Å²) < 4.78 is 22.7. The van der Waals surface area contributed by atoms with E-state index in [1.807, 2.05) is 0 Å². The van der Waals surface area contributed by atoms with Gasteiger partial charge in [-0.2, -0.15) is 0 Å². The lowest BCUT2D eigenvalue weighted by Gasteiger charge is -2.32. The average Bonchev–Trinajstić information content (AvgIpc) is 3.24. The lowest BCUT2D eigenvalue weighted by molar-refractivity contribution is -0.384. The van der Waals surface area contributed by atoms with E-state index in [4.69, 9.17) is 18.9 Å². The zero-order valence-electron chi connectivity index (χ0n) is 20.1. The van der Waals surface area contributed by atoms with Crippen molar-refractivity contribution in [2.24, 2.45) is 0 Å². The average molecular weight is 487 g/mol. The fraction of sp³-hybridized carbons (Fsp3) is 0.520. The highest BCUT2D eigenvalue weighted by molar-refractivity contribution is 5.99. The van der Waals surface area contributed by atoms with Gasteiger partial charge in [-0.25, -0.2) is 9.59 Å². The maximum absolute atomic E-state index is 13.4. The fourth-order valence-corrected chi connectivity index (χ4v) is 5.09. The number of nitro benzene ring substituents is 1. The van der Waals surface area contributed by atoms with E-state index in [0.29, 0.717) is 23.6 Å². The Kier molecular flexibility index (Phi) is 7.23. The van der Waals surface area contributed by atoms with Crippen molar-refractivity contribution in [3.05, 3.63) is 62.5 Å². The summed E-state index contributed by atoms with van der Waals surface area (Å²) in [6, 6.07) is 5.87. The number of non-ortho nitro benzene ring substituents is 1. The van der Waals surface area contributed by atoms with E-state index in [0.717, 1.165) is 32.1 Å².